The Labute approximate surface area is 130 Å². The van der Waals surface area contributed by atoms with E-state index in [1.165, 1.54) is 18.2 Å². The number of hydrogen-bond donors (Lipinski definition) is 2. The first kappa shape index (κ1) is 17.4. The minimum Gasteiger partial charge on any atom is -0.483 e. The van der Waals surface area contributed by atoms with Crippen molar-refractivity contribution in [1.29, 1.82) is 0 Å². The van der Waals surface area contributed by atoms with Gasteiger partial charge in [0.2, 0.25) is 0 Å². The van der Waals surface area contributed by atoms with E-state index in [2.05, 4.69) is 21.2 Å². The van der Waals surface area contributed by atoms with Gasteiger partial charge >= 0.3 is 5.97 Å². The maximum absolute atomic E-state index is 12.9. The molecular formula is C14H17BrFNO4. The highest BCUT2D eigenvalue weighted by atomic mass is 79.9. The molecule has 0 aliphatic heterocycles. The van der Waals surface area contributed by atoms with Gasteiger partial charge in [0.05, 0.1) is 10.4 Å². The quantitative estimate of drug-likeness (QED) is 0.697. The van der Waals surface area contributed by atoms with Crippen LogP contribution in [0.5, 0.6) is 5.75 Å². The average Bonchev–Trinajstić information content (AvgIpc) is 2.42. The summed E-state index contributed by atoms with van der Waals surface area (Å²) in [6, 6.07) is 3.92. The van der Waals surface area contributed by atoms with Gasteiger partial charge in [-0.15, -0.1) is 0 Å². The normalized spacial score (nSPS) is 11.8. The van der Waals surface area contributed by atoms with Crippen LogP contribution in [-0.2, 0) is 9.59 Å². The minimum atomic E-state index is -0.842. The second-order valence-corrected chi connectivity index (χ2v) is 5.45. The highest BCUT2D eigenvalue weighted by molar-refractivity contribution is 9.10. The molecule has 0 heterocycles. The fourth-order valence-corrected chi connectivity index (χ4v) is 2.01. The van der Waals surface area contributed by atoms with Crippen molar-refractivity contribution < 1.29 is 23.8 Å². The van der Waals surface area contributed by atoms with Gasteiger partial charge in [-0.05, 0) is 47.0 Å². The summed E-state index contributed by atoms with van der Waals surface area (Å²) < 4.78 is 18.6. The van der Waals surface area contributed by atoms with Gasteiger partial charge in [0, 0.05) is 6.54 Å². The van der Waals surface area contributed by atoms with E-state index in [1.54, 1.807) is 6.92 Å². The molecule has 0 aliphatic carbocycles. The first-order valence-corrected chi connectivity index (χ1v) is 7.27. The lowest BCUT2D eigenvalue weighted by atomic mass is 10.1. The fraction of sp³-hybridized carbons (Fsp3) is 0.429. The molecule has 5 nitrogen and oxygen atoms in total. The number of halogens is 2. The number of carbonyl (C=O) groups excluding carboxylic acids is 1. The Kier molecular flexibility index (Phi) is 7.14. The molecule has 0 saturated carbocycles. The van der Waals surface area contributed by atoms with Crippen LogP contribution in [0.25, 0.3) is 0 Å². The van der Waals surface area contributed by atoms with Crippen molar-refractivity contribution in [2.45, 2.75) is 19.8 Å². The van der Waals surface area contributed by atoms with E-state index in [0.29, 0.717) is 29.6 Å². The van der Waals surface area contributed by atoms with Gasteiger partial charge in [0.15, 0.2) is 6.61 Å². The van der Waals surface area contributed by atoms with Crippen LogP contribution >= 0.6 is 15.9 Å². The van der Waals surface area contributed by atoms with Crippen molar-refractivity contribution in [1.82, 2.24) is 5.32 Å². The first-order chi connectivity index (χ1) is 9.90. The monoisotopic (exact) mass is 361 g/mol. The largest absolute Gasteiger partial charge is 0.483 e. The Balaban J connectivity index is 2.24. The van der Waals surface area contributed by atoms with Crippen molar-refractivity contribution in [3.8, 4) is 5.75 Å². The van der Waals surface area contributed by atoms with E-state index in [-0.39, 0.29) is 12.5 Å². The Morgan fingerprint density at radius 2 is 2.19 bits per heavy atom. The van der Waals surface area contributed by atoms with Gasteiger partial charge in [-0.3, -0.25) is 9.59 Å². The molecule has 7 heteroatoms. The van der Waals surface area contributed by atoms with Crippen LogP contribution in [0.1, 0.15) is 19.8 Å². The van der Waals surface area contributed by atoms with Crippen LogP contribution in [0, 0.1) is 11.7 Å². The number of hydrogen-bond acceptors (Lipinski definition) is 3. The Morgan fingerprint density at radius 1 is 1.48 bits per heavy atom. The fourth-order valence-electron chi connectivity index (χ4n) is 1.55. The SMILES string of the molecule is CC(CCCNC(=O)COc1ccc(F)cc1Br)C(=O)O. The van der Waals surface area contributed by atoms with Crippen LogP contribution in [0.2, 0.25) is 0 Å². The molecule has 0 aliphatic rings. The van der Waals surface area contributed by atoms with Gasteiger partial charge in [0.25, 0.3) is 5.91 Å². The number of benzene rings is 1. The van der Waals surface area contributed by atoms with Crippen LogP contribution in [0.4, 0.5) is 4.39 Å². The van der Waals surface area contributed by atoms with Gasteiger partial charge < -0.3 is 15.2 Å². The number of nitrogens with one attached hydrogen (secondary N) is 1. The zero-order valence-corrected chi connectivity index (χ0v) is 13.2. The minimum absolute atomic E-state index is 0.182. The molecule has 1 atom stereocenters. The molecule has 0 fully saturated rings. The molecule has 21 heavy (non-hydrogen) atoms. The Bertz CT molecular complexity index is 510. The summed E-state index contributed by atoms with van der Waals surface area (Å²) in [4.78, 5) is 22.1. The number of ether oxygens (including phenoxy) is 1. The van der Waals surface area contributed by atoms with Gasteiger partial charge in [-0.2, -0.15) is 0 Å². The number of carboxylic acid groups (broad SMARTS) is 1. The molecule has 1 aromatic carbocycles. The zero-order valence-electron chi connectivity index (χ0n) is 11.6. The van der Waals surface area contributed by atoms with Gasteiger partial charge in [-0.25, -0.2) is 4.39 Å². The van der Waals surface area contributed by atoms with Crippen molar-refractivity contribution >= 4 is 27.8 Å². The summed E-state index contributed by atoms with van der Waals surface area (Å²) in [5.74, 6) is -1.59. The van der Waals surface area contributed by atoms with E-state index in [0.717, 1.165) is 0 Å². The smallest absolute Gasteiger partial charge is 0.306 e. The standard InChI is InChI=1S/C14H17BrFNO4/c1-9(14(19)20)3-2-6-17-13(18)8-21-12-5-4-10(16)7-11(12)15/h4-5,7,9H,2-3,6,8H2,1H3,(H,17,18)(H,19,20). The maximum atomic E-state index is 12.9. The van der Waals surface area contributed by atoms with E-state index in [4.69, 9.17) is 9.84 Å². The Morgan fingerprint density at radius 3 is 2.81 bits per heavy atom. The number of rotatable bonds is 8. The van der Waals surface area contributed by atoms with E-state index < -0.39 is 17.7 Å². The summed E-state index contributed by atoms with van der Waals surface area (Å²) >= 11 is 3.14. The molecule has 1 amide bonds. The molecule has 2 N–H and O–H groups in total. The first-order valence-electron chi connectivity index (χ1n) is 6.47. The predicted octanol–water partition coefficient (Wildman–Crippen LogP) is 2.58. The molecular weight excluding hydrogens is 345 g/mol. The molecule has 1 unspecified atom stereocenters. The molecule has 0 radical (unpaired) electrons. The van der Waals surface area contributed by atoms with Gasteiger partial charge in [0.1, 0.15) is 11.6 Å². The molecule has 0 bridgehead atoms. The predicted molar refractivity (Wildman–Crippen MR) is 78.6 cm³/mol. The van der Waals surface area contributed by atoms with Crippen molar-refractivity contribution in [3.05, 3.63) is 28.5 Å². The van der Waals surface area contributed by atoms with Crippen molar-refractivity contribution in [3.63, 3.8) is 0 Å². The average molecular weight is 362 g/mol. The number of carbonyl (C=O) groups is 2. The van der Waals surface area contributed by atoms with Gasteiger partial charge in [-0.1, -0.05) is 6.92 Å². The second-order valence-electron chi connectivity index (χ2n) is 4.59. The summed E-state index contributed by atoms with van der Waals surface area (Å²) in [6.07, 6.45) is 1.08. The highest BCUT2D eigenvalue weighted by Crippen LogP contribution is 2.25. The van der Waals surface area contributed by atoms with E-state index >= 15 is 0 Å². The third kappa shape index (κ3) is 6.57. The molecule has 0 spiro atoms. The zero-order chi connectivity index (χ0) is 15.8. The summed E-state index contributed by atoms with van der Waals surface area (Å²) in [6.45, 7) is 1.84. The molecule has 0 aromatic heterocycles. The van der Waals surface area contributed by atoms with Crippen molar-refractivity contribution in [2.24, 2.45) is 5.92 Å². The topological polar surface area (TPSA) is 75.6 Å². The highest BCUT2D eigenvalue weighted by Gasteiger charge is 2.10. The second kappa shape index (κ2) is 8.61. The third-order valence-electron chi connectivity index (χ3n) is 2.81. The summed E-state index contributed by atoms with van der Waals surface area (Å²) in [7, 11) is 0. The number of amides is 1. The van der Waals surface area contributed by atoms with E-state index in [1.807, 2.05) is 0 Å². The molecule has 0 saturated heterocycles. The summed E-state index contributed by atoms with van der Waals surface area (Å²) in [5, 5.41) is 11.3. The van der Waals surface area contributed by atoms with Crippen LogP contribution < -0.4 is 10.1 Å². The lowest BCUT2D eigenvalue weighted by Crippen LogP contribution is -2.30. The van der Waals surface area contributed by atoms with Crippen LogP contribution in [-0.4, -0.2) is 30.1 Å². The number of aliphatic carboxylic acids is 1. The molecule has 1 aromatic rings. The Hall–Kier alpha value is -1.63. The van der Waals surface area contributed by atoms with E-state index in [9.17, 15) is 14.0 Å². The molecule has 1 rings (SSSR count). The molecule has 116 valence electrons. The lowest BCUT2D eigenvalue weighted by Gasteiger charge is -2.09. The lowest BCUT2D eigenvalue weighted by molar-refractivity contribution is -0.141. The summed E-state index contributed by atoms with van der Waals surface area (Å²) in [5.41, 5.74) is 0. The van der Waals surface area contributed by atoms with Crippen LogP contribution in [0.3, 0.4) is 0 Å². The van der Waals surface area contributed by atoms with Crippen molar-refractivity contribution in [2.75, 3.05) is 13.2 Å². The third-order valence-corrected chi connectivity index (χ3v) is 3.43. The number of carboxylic acids is 1. The maximum Gasteiger partial charge on any atom is 0.306 e. The van der Waals surface area contributed by atoms with Crippen LogP contribution in [0.15, 0.2) is 22.7 Å².